The minimum absolute atomic E-state index is 0.0508. The lowest BCUT2D eigenvalue weighted by atomic mass is 9.88. The molecule has 3 aromatic rings. The molecule has 0 fully saturated rings. The molecule has 1 heterocycles. The molecule has 0 saturated carbocycles. The van der Waals surface area contributed by atoms with Crippen molar-refractivity contribution in [1.29, 1.82) is 0 Å². The lowest BCUT2D eigenvalue weighted by Gasteiger charge is -2.18. The lowest BCUT2D eigenvalue weighted by Crippen LogP contribution is -2.19. The van der Waals surface area contributed by atoms with Crippen molar-refractivity contribution in [2.45, 2.75) is 33.1 Å². The summed E-state index contributed by atoms with van der Waals surface area (Å²) >= 11 is 1.41. The van der Waals surface area contributed by atoms with Crippen LogP contribution in [0.25, 0.3) is 0 Å². The van der Waals surface area contributed by atoms with E-state index in [-0.39, 0.29) is 11.5 Å². The van der Waals surface area contributed by atoms with Crippen LogP contribution in [0.3, 0.4) is 0 Å². The number of fused-ring (bicyclic) bond motifs is 1. The van der Waals surface area contributed by atoms with Gasteiger partial charge >= 0.3 is 0 Å². The fourth-order valence-corrected chi connectivity index (χ4v) is 5.29. The van der Waals surface area contributed by atoms with Crippen LogP contribution in [0.15, 0.2) is 48.5 Å². The van der Waals surface area contributed by atoms with E-state index in [9.17, 15) is 14.0 Å². The molecule has 0 radical (unpaired) electrons. The number of rotatable bonds is 6. The van der Waals surface area contributed by atoms with Crippen LogP contribution >= 0.6 is 11.3 Å². The van der Waals surface area contributed by atoms with Gasteiger partial charge in [-0.2, -0.15) is 0 Å². The Balaban J connectivity index is 1.63. The maximum absolute atomic E-state index is 14.1. The summed E-state index contributed by atoms with van der Waals surface area (Å²) in [6.07, 6.45) is 2.61. The first-order valence-electron chi connectivity index (χ1n) is 10.7. The molecule has 5 nitrogen and oxygen atoms in total. The first-order chi connectivity index (χ1) is 15.5. The Morgan fingerprint density at radius 3 is 2.56 bits per heavy atom. The van der Waals surface area contributed by atoms with Crippen LogP contribution in [0, 0.1) is 11.7 Å². The largest absolute Gasteiger partial charge is 0.494 e. The summed E-state index contributed by atoms with van der Waals surface area (Å²) in [6.45, 7) is 4.66. The quantitative estimate of drug-likeness (QED) is 0.488. The third kappa shape index (κ3) is 4.67. The Kier molecular flexibility index (Phi) is 6.55. The Bertz CT molecular complexity index is 1140. The van der Waals surface area contributed by atoms with Crippen LogP contribution in [-0.4, -0.2) is 18.4 Å². The predicted octanol–water partition coefficient (Wildman–Crippen LogP) is 5.92. The van der Waals surface area contributed by atoms with E-state index < -0.39 is 11.7 Å². The van der Waals surface area contributed by atoms with Gasteiger partial charge in [-0.25, -0.2) is 4.39 Å². The fourth-order valence-electron chi connectivity index (χ4n) is 3.89. The molecule has 1 aliphatic rings. The first kappa shape index (κ1) is 22.0. The van der Waals surface area contributed by atoms with Crippen molar-refractivity contribution in [3.8, 4) is 5.75 Å². The molecule has 0 bridgehead atoms. The average Bonchev–Trinajstić information content (AvgIpc) is 3.12. The number of amides is 2. The molecule has 7 heteroatoms. The lowest BCUT2D eigenvalue weighted by molar-refractivity contribution is 0.102. The molecule has 166 valence electrons. The Labute approximate surface area is 190 Å². The van der Waals surface area contributed by atoms with E-state index >= 15 is 0 Å². The van der Waals surface area contributed by atoms with Gasteiger partial charge in [-0.3, -0.25) is 9.59 Å². The smallest absolute Gasteiger partial charge is 0.259 e. The van der Waals surface area contributed by atoms with Gasteiger partial charge < -0.3 is 15.4 Å². The SMILES string of the molecule is CCOc1ccc(NC(=O)c2c(NC(=O)c3ccccc3F)sc3c2CC[C@H](C)C3)cc1. The highest BCUT2D eigenvalue weighted by atomic mass is 32.1. The summed E-state index contributed by atoms with van der Waals surface area (Å²) in [5.41, 5.74) is 2.02. The normalized spacial score (nSPS) is 15.0. The van der Waals surface area contributed by atoms with Crippen LogP contribution in [0.1, 0.15) is 51.4 Å². The van der Waals surface area contributed by atoms with Gasteiger partial charge in [0.2, 0.25) is 0 Å². The van der Waals surface area contributed by atoms with Crippen molar-refractivity contribution >= 4 is 33.8 Å². The first-order valence-corrected chi connectivity index (χ1v) is 11.5. The van der Waals surface area contributed by atoms with E-state index in [1.807, 2.05) is 6.92 Å². The summed E-state index contributed by atoms with van der Waals surface area (Å²) in [5, 5.41) is 6.18. The minimum atomic E-state index is -0.597. The van der Waals surface area contributed by atoms with Gasteiger partial charge in [0, 0.05) is 10.6 Å². The Hall–Kier alpha value is -3.19. The molecule has 2 amide bonds. The van der Waals surface area contributed by atoms with Crippen LogP contribution in [0.4, 0.5) is 15.1 Å². The highest BCUT2D eigenvalue weighted by molar-refractivity contribution is 7.17. The number of thiophene rings is 1. The fraction of sp³-hybridized carbons (Fsp3) is 0.280. The molecule has 0 aliphatic heterocycles. The second kappa shape index (κ2) is 9.53. The standard InChI is InChI=1S/C25H25FN2O3S/c1-3-31-17-11-9-16(10-12-17)27-24(30)22-19-13-8-15(2)14-21(19)32-25(22)28-23(29)18-6-4-5-7-20(18)26/h4-7,9-12,15H,3,8,13-14H2,1-2H3,(H,27,30)(H,28,29)/t15-/m0/s1. The Morgan fingerprint density at radius 1 is 1.09 bits per heavy atom. The topological polar surface area (TPSA) is 67.4 Å². The van der Waals surface area contributed by atoms with E-state index in [0.717, 1.165) is 35.5 Å². The molecule has 0 saturated heterocycles. The highest BCUT2D eigenvalue weighted by Crippen LogP contribution is 2.40. The average molecular weight is 453 g/mol. The monoisotopic (exact) mass is 452 g/mol. The van der Waals surface area contributed by atoms with Crippen molar-refractivity contribution < 1.29 is 18.7 Å². The molecule has 4 rings (SSSR count). The van der Waals surface area contributed by atoms with E-state index in [4.69, 9.17) is 4.74 Å². The number of anilines is 2. The summed E-state index contributed by atoms with van der Waals surface area (Å²) in [4.78, 5) is 27.1. The molecule has 0 spiro atoms. The molecular weight excluding hydrogens is 427 g/mol. The van der Waals surface area contributed by atoms with E-state index in [2.05, 4.69) is 17.6 Å². The number of hydrogen-bond acceptors (Lipinski definition) is 4. The summed E-state index contributed by atoms with van der Waals surface area (Å²) in [6, 6.07) is 13.0. The van der Waals surface area contributed by atoms with Crippen molar-refractivity contribution in [2.75, 3.05) is 17.2 Å². The minimum Gasteiger partial charge on any atom is -0.494 e. The summed E-state index contributed by atoms with van der Waals surface area (Å²) in [7, 11) is 0. The third-order valence-electron chi connectivity index (χ3n) is 5.51. The van der Waals surface area contributed by atoms with Crippen LogP contribution in [0.2, 0.25) is 0 Å². The number of nitrogens with one attached hydrogen (secondary N) is 2. The van der Waals surface area contributed by atoms with E-state index in [1.165, 1.54) is 29.5 Å². The summed E-state index contributed by atoms with van der Waals surface area (Å²) < 4.78 is 19.6. The van der Waals surface area contributed by atoms with Gasteiger partial charge in [0.05, 0.1) is 17.7 Å². The zero-order valence-corrected chi connectivity index (χ0v) is 18.9. The second-order valence-corrected chi connectivity index (χ2v) is 9.01. The molecule has 1 aromatic heterocycles. The summed E-state index contributed by atoms with van der Waals surface area (Å²) in [5.74, 6) is -0.209. The number of carbonyl (C=O) groups is 2. The van der Waals surface area contributed by atoms with Crippen molar-refractivity contribution in [2.24, 2.45) is 5.92 Å². The zero-order chi connectivity index (χ0) is 22.7. The predicted molar refractivity (Wildman–Crippen MR) is 125 cm³/mol. The van der Waals surface area contributed by atoms with Gasteiger partial charge in [-0.15, -0.1) is 11.3 Å². The van der Waals surface area contributed by atoms with Gasteiger partial charge in [0.1, 0.15) is 16.6 Å². The third-order valence-corrected chi connectivity index (χ3v) is 6.68. The molecular formula is C25H25FN2O3S. The molecule has 1 atom stereocenters. The molecule has 0 unspecified atom stereocenters. The number of halogens is 1. The number of carbonyl (C=O) groups excluding carboxylic acids is 2. The van der Waals surface area contributed by atoms with Gasteiger partial charge in [0.25, 0.3) is 11.8 Å². The van der Waals surface area contributed by atoms with Gasteiger partial charge in [0.15, 0.2) is 0 Å². The second-order valence-electron chi connectivity index (χ2n) is 7.90. The molecule has 1 aliphatic carbocycles. The molecule has 32 heavy (non-hydrogen) atoms. The van der Waals surface area contributed by atoms with Crippen LogP contribution < -0.4 is 15.4 Å². The number of ether oxygens (including phenoxy) is 1. The van der Waals surface area contributed by atoms with Crippen LogP contribution in [-0.2, 0) is 12.8 Å². The van der Waals surface area contributed by atoms with Crippen molar-refractivity contribution in [1.82, 2.24) is 0 Å². The van der Waals surface area contributed by atoms with Gasteiger partial charge in [-0.05, 0) is 74.1 Å². The zero-order valence-electron chi connectivity index (χ0n) is 18.0. The van der Waals surface area contributed by atoms with Crippen LogP contribution in [0.5, 0.6) is 5.75 Å². The highest BCUT2D eigenvalue weighted by Gasteiger charge is 2.29. The maximum atomic E-state index is 14.1. The number of benzene rings is 2. The van der Waals surface area contributed by atoms with Crippen molar-refractivity contribution in [3.05, 3.63) is 75.9 Å². The molecule has 2 aromatic carbocycles. The maximum Gasteiger partial charge on any atom is 0.259 e. The Morgan fingerprint density at radius 2 is 1.84 bits per heavy atom. The van der Waals surface area contributed by atoms with Gasteiger partial charge in [-0.1, -0.05) is 19.1 Å². The van der Waals surface area contributed by atoms with E-state index in [1.54, 1.807) is 30.3 Å². The molecule has 2 N–H and O–H groups in total. The van der Waals surface area contributed by atoms with E-state index in [0.29, 0.717) is 28.8 Å². The number of hydrogen-bond donors (Lipinski definition) is 2. The van der Waals surface area contributed by atoms with Crippen molar-refractivity contribution in [3.63, 3.8) is 0 Å².